The van der Waals surface area contributed by atoms with Gasteiger partial charge in [-0.1, -0.05) is 27.7 Å². The van der Waals surface area contributed by atoms with Gasteiger partial charge in [-0.05, 0) is 5.92 Å². The molecule has 64 valence electrons. The van der Waals surface area contributed by atoms with Gasteiger partial charge < -0.3 is 0 Å². The third-order valence-electron chi connectivity index (χ3n) is 0.527. The second kappa shape index (κ2) is 8.86. The highest BCUT2D eigenvalue weighted by molar-refractivity contribution is 4.42. The summed E-state index contributed by atoms with van der Waals surface area (Å²) in [5.41, 5.74) is 0. The normalized spacial score (nSPS) is 9.60. The van der Waals surface area contributed by atoms with Crippen molar-refractivity contribution in [3.63, 3.8) is 0 Å². The maximum absolute atomic E-state index is 11.1. The van der Waals surface area contributed by atoms with Gasteiger partial charge in [0.15, 0.2) is 0 Å². The van der Waals surface area contributed by atoms with Crippen molar-refractivity contribution in [2.45, 2.75) is 27.7 Å². The van der Waals surface area contributed by atoms with Gasteiger partial charge in [0.25, 0.3) is 0 Å². The van der Waals surface area contributed by atoms with Gasteiger partial charge in [0.1, 0.15) is 0 Å². The van der Waals surface area contributed by atoms with E-state index in [-0.39, 0.29) is 0 Å². The van der Waals surface area contributed by atoms with Crippen LogP contribution in [-0.2, 0) is 0 Å². The van der Waals surface area contributed by atoms with E-state index in [0.29, 0.717) is 0 Å². The molecule has 0 saturated heterocycles. The quantitative estimate of drug-likeness (QED) is 0.570. The Morgan fingerprint density at radius 3 is 1.10 bits per heavy atom. The van der Waals surface area contributed by atoms with E-state index in [1.165, 1.54) is 6.92 Å². The first kappa shape index (κ1) is 12.5. The number of halogens is 2. The summed E-state index contributed by atoms with van der Waals surface area (Å²) in [5, 5.41) is 0. The van der Waals surface area contributed by atoms with Crippen molar-refractivity contribution in [1.29, 1.82) is 0 Å². The average molecular weight is 152 g/mol. The van der Waals surface area contributed by atoms with Gasteiger partial charge in [0, 0.05) is 5.92 Å². The van der Waals surface area contributed by atoms with Gasteiger partial charge in [0.2, 0.25) is 0 Å². The highest BCUT2D eigenvalue weighted by atomic mass is 19.1. The van der Waals surface area contributed by atoms with Crippen LogP contribution in [0, 0.1) is 11.8 Å². The molecule has 0 aliphatic carbocycles. The molecule has 0 rings (SSSR count). The van der Waals surface area contributed by atoms with E-state index >= 15 is 0 Å². The van der Waals surface area contributed by atoms with Crippen molar-refractivity contribution in [2.24, 2.45) is 11.8 Å². The van der Waals surface area contributed by atoms with Crippen LogP contribution in [0.3, 0.4) is 0 Å². The Kier molecular flexibility index (Phi) is 11.1. The van der Waals surface area contributed by atoms with E-state index in [2.05, 4.69) is 20.8 Å². The van der Waals surface area contributed by atoms with Crippen molar-refractivity contribution in [3.05, 3.63) is 0 Å². The molecule has 0 saturated carbocycles. The van der Waals surface area contributed by atoms with E-state index in [1.54, 1.807) is 0 Å². The number of alkyl halides is 2. The number of hydrogen-bond acceptors (Lipinski definition) is 0. The molecule has 0 aliphatic rings. The van der Waals surface area contributed by atoms with Crippen LogP contribution in [0.25, 0.3) is 0 Å². The summed E-state index contributed by atoms with van der Waals surface area (Å²) in [6, 6.07) is 0. The minimum atomic E-state index is -0.545. The molecule has 10 heavy (non-hydrogen) atoms. The van der Waals surface area contributed by atoms with Gasteiger partial charge in [-0.25, -0.2) is 0 Å². The van der Waals surface area contributed by atoms with Crippen molar-refractivity contribution >= 4 is 0 Å². The van der Waals surface area contributed by atoms with Crippen LogP contribution in [0.1, 0.15) is 27.7 Å². The third-order valence-corrected chi connectivity index (χ3v) is 0.527. The van der Waals surface area contributed by atoms with Crippen molar-refractivity contribution in [2.75, 3.05) is 13.3 Å². The largest absolute Gasteiger partial charge is 0.251 e. The molecule has 0 aromatic rings. The van der Waals surface area contributed by atoms with Gasteiger partial charge in [-0.3, -0.25) is 8.78 Å². The fraction of sp³-hybridized carbons (Fsp3) is 1.00. The molecule has 0 fully saturated rings. The van der Waals surface area contributed by atoms with Gasteiger partial charge in [-0.2, -0.15) is 0 Å². The second-order valence-corrected chi connectivity index (χ2v) is 3.15. The maximum Gasteiger partial charge on any atom is 0.0944 e. The summed E-state index contributed by atoms with van der Waals surface area (Å²) in [4.78, 5) is 0. The van der Waals surface area contributed by atoms with Crippen LogP contribution in [0.4, 0.5) is 8.78 Å². The maximum atomic E-state index is 11.1. The first-order valence-corrected chi connectivity index (χ1v) is 3.66. The molecule has 0 nitrogen and oxygen atoms in total. The highest BCUT2D eigenvalue weighted by Gasteiger charge is 1.95. The molecule has 2 heteroatoms. The van der Waals surface area contributed by atoms with Gasteiger partial charge in [0.05, 0.1) is 13.3 Å². The summed E-state index contributed by atoms with van der Waals surface area (Å²) >= 11 is 0. The molecular formula is C8H18F2. The minimum absolute atomic E-state index is 0.398. The van der Waals surface area contributed by atoms with Crippen LogP contribution >= 0.6 is 0 Å². The van der Waals surface area contributed by atoms with Crippen LogP contribution in [-0.4, -0.2) is 13.3 Å². The van der Waals surface area contributed by atoms with E-state index in [1.807, 2.05) is 0 Å². The van der Waals surface area contributed by atoms with Crippen LogP contribution in [0.15, 0.2) is 0 Å². The molecule has 0 radical (unpaired) electrons. The Morgan fingerprint density at radius 2 is 1.10 bits per heavy atom. The second-order valence-electron chi connectivity index (χ2n) is 3.15. The standard InChI is InChI=1S/C4H8F2.C4H10/c1-4(2-5)3-6;1-4(2)3/h4H,2-3H2,1H3;4H,1-3H3. The molecule has 0 aliphatic heterocycles. The predicted octanol–water partition coefficient (Wildman–Crippen LogP) is 3.22. The smallest absolute Gasteiger partial charge is 0.0944 e. The molecule has 0 unspecified atom stereocenters. The molecule has 0 aromatic heterocycles. The van der Waals surface area contributed by atoms with Crippen molar-refractivity contribution in [1.82, 2.24) is 0 Å². The Balaban J connectivity index is 0. The lowest BCUT2D eigenvalue weighted by atomic mass is 10.2. The Labute approximate surface area is 62.6 Å². The summed E-state index contributed by atoms with van der Waals surface area (Å²) in [6.45, 7) is 6.94. The lowest BCUT2D eigenvalue weighted by Gasteiger charge is -1.93. The van der Waals surface area contributed by atoms with E-state index in [4.69, 9.17) is 0 Å². The third kappa shape index (κ3) is 24.8. The van der Waals surface area contributed by atoms with E-state index in [9.17, 15) is 8.78 Å². The molecule has 0 spiro atoms. The van der Waals surface area contributed by atoms with Gasteiger partial charge in [-0.15, -0.1) is 0 Å². The van der Waals surface area contributed by atoms with Crippen molar-refractivity contribution in [3.8, 4) is 0 Å². The summed E-state index contributed by atoms with van der Waals surface area (Å²) in [7, 11) is 0. The zero-order valence-corrected chi connectivity index (χ0v) is 7.32. The lowest BCUT2D eigenvalue weighted by Crippen LogP contribution is -1.96. The Bertz CT molecular complexity index is 46.5. The highest BCUT2D eigenvalue weighted by Crippen LogP contribution is 1.93. The first-order chi connectivity index (χ1) is 4.54. The molecule has 0 atom stereocenters. The van der Waals surface area contributed by atoms with E-state index in [0.717, 1.165) is 5.92 Å². The van der Waals surface area contributed by atoms with Crippen molar-refractivity contribution < 1.29 is 8.78 Å². The average Bonchev–Trinajstić information content (AvgIpc) is 1.85. The first-order valence-electron chi connectivity index (χ1n) is 3.66. The number of hydrogen-bond donors (Lipinski definition) is 0. The topological polar surface area (TPSA) is 0 Å². The molecule has 0 bridgehead atoms. The van der Waals surface area contributed by atoms with Gasteiger partial charge >= 0.3 is 0 Å². The van der Waals surface area contributed by atoms with Crippen LogP contribution in [0.2, 0.25) is 0 Å². The Hall–Kier alpha value is -0.140. The molecule has 0 amide bonds. The van der Waals surface area contributed by atoms with Crippen LogP contribution in [0.5, 0.6) is 0 Å². The summed E-state index contributed by atoms with van der Waals surface area (Å²) < 4.78 is 22.3. The predicted molar refractivity (Wildman–Crippen MR) is 41.6 cm³/mol. The van der Waals surface area contributed by atoms with Crippen LogP contribution < -0.4 is 0 Å². The molecule has 0 aromatic carbocycles. The van der Waals surface area contributed by atoms with E-state index < -0.39 is 19.3 Å². The fourth-order valence-electron chi connectivity index (χ4n) is 0.0412. The molecular weight excluding hydrogens is 134 g/mol. The summed E-state index contributed by atoms with van der Waals surface area (Å²) in [5.74, 6) is 0.435. The SMILES string of the molecule is CC(C)C.CC(CF)CF. The monoisotopic (exact) mass is 152 g/mol. The molecule has 0 N–H and O–H groups in total. The number of rotatable bonds is 2. The summed E-state index contributed by atoms with van der Waals surface area (Å²) in [6.07, 6.45) is 0. The zero-order valence-electron chi connectivity index (χ0n) is 7.32. The Morgan fingerprint density at radius 1 is 0.900 bits per heavy atom. The minimum Gasteiger partial charge on any atom is -0.251 e. The zero-order chi connectivity index (χ0) is 8.57. The lowest BCUT2D eigenvalue weighted by molar-refractivity contribution is 0.308. The molecule has 0 heterocycles. The fourth-order valence-corrected chi connectivity index (χ4v) is 0.0412.